The molecule has 0 aromatic rings. The van der Waals surface area contributed by atoms with Crippen molar-refractivity contribution in [1.29, 1.82) is 0 Å². The maximum atomic E-state index is 12.2. The van der Waals surface area contributed by atoms with Gasteiger partial charge in [0, 0.05) is 97.3 Å². The summed E-state index contributed by atoms with van der Waals surface area (Å²) in [5.74, 6) is 0.413. The van der Waals surface area contributed by atoms with Crippen molar-refractivity contribution in [2.75, 3.05) is 72.0 Å². The normalized spacial score (nSPS) is 11.3. The molecule has 0 rings (SSSR count). The maximum Gasteiger partial charge on any atom is 0.221 e. The second-order valence-electron chi connectivity index (χ2n) is 9.11. The van der Waals surface area contributed by atoms with Crippen molar-refractivity contribution in [3.05, 3.63) is 0 Å². The molecule has 0 radical (unpaired) electrons. The summed E-state index contributed by atoms with van der Waals surface area (Å²) in [6.07, 6.45) is 4.96. The van der Waals surface area contributed by atoms with Crippen molar-refractivity contribution < 1.29 is 19.2 Å². The smallest absolute Gasteiger partial charge is 0.221 e. The zero-order valence-electron chi connectivity index (χ0n) is 22.2. The number of amides is 1. The number of nitrogens with zero attached hydrogens (tertiary/aromatic N) is 2. The lowest BCUT2D eigenvalue weighted by Gasteiger charge is -2.27. The summed E-state index contributed by atoms with van der Waals surface area (Å²) < 4.78 is 0. The van der Waals surface area contributed by atoms with Gasteiger partial charge in [-0.1, -0.05) is 0 Å². The molecule has 11 nitrogen and oxygen atoms in total. The van der Waals surface area contributed by atoms with Gasteiger partial charge < -0.3 is 38.1 Å². The molecule has 0 spiro atoms. The van der Waals surface area contributed by atoms with Gasteiger partial charge in [-0.25, -0.2) is 0 Å². The van der Waals surface area contributed by atoms with Crippen molar-refractivity contribution in [3.8, 4) is 0 Å². The number of rotatable bonds is 26. The Labute approximate surface area is 217 Å². The first-order valence-corrected chi connectivity index (χ1v) is 13.4. The molecule has 0 saturated carbocycles. The molecule has 0 fully saturated rings. The minimum atomic E-state index is -0.0761. The zero-order chi connectivity index (χ0) is 27.0. The lowest BCUT2D eigenvalue weighted by molar-refractivity contribution is -0.122. The Morgan fingerprint density at radius 3 is 1.17 bits per heavy atom. The van der Waals surface area contributed by atoms with E-state index in [1.54, 1.807) is 0 Å². The van der Waals surface area contributed by atoms with Crippen LogP contribution in [0.2, 0.25) is 0 Å². The SMILES string of the molecule is NCCCC(=O)CCN(CCC(=O)CCCN)CCN(CCC(=O)CCCN)CCC(=O)NCCN. The molecule has 0 bridgehead atoms. The van der Waals surface area contributed by atoms with E-state index in [-0.39, 0.29) is 23.3 Å². The third-order valence-corrected chi connectivity index (χ3v) is 5.95. The van der Waals surface area contributed by atoms with Crippen LogP contribution in [-0.4, -0.2) is 105 Å². The third kappa shape index (κ3) is 20.4. The lowest BCUT2D eigenvalue weighted by Crippen LogP contribution is -2.40. The van der Waals surface area contributed by atoms with Crippen molar-refractivity contribution in [2.45, 2.75) is 64.2 Å². The molecule has 0 aliphatic carbocycles. The van der Waals surface area contributed by atoms with Gasteiger partial charge >= 0.3 is 0 Å². The maximum absolute atomic E-state index is 12.2. The van der Waals surface area contributed by atoms with E-state index in [1.807, 2.05) is 0 Å². The second kappa shape index (κ2) is 23.6. The average molecular weight is 514 g/mol. The second-order valence-corrected chi connectivity index (χ2v) is 9.11. The summed E-state index contributed by atoms with van der Waals surface area (Å²) in [6.45, 7) is 5.73. The van der Waals surface area contributed by atoms with Gasteiger partial charge in [0.25, 0.3) is 0 Å². The lowest BCUT2D eigenvalue weighted by atomic mass is 10.1. The molecule has 0 unspecified atom stereocenters. The third-order valence-electron chi connectivity index (χ3n) is 5.95. The summed E-state index contributed by atoms with van der Waals surface area (Å²) in [7, 11) is 0. The van der Waals surface area contributed by atoms with Gasteiger partial charge in [-0.05, 0) is 38.9 Å². The molecule has 9 N–H and O–H groups in total. The molecule has 0 aliphatic rings. The summed E-state index contributed by atoms with van der Waals surface area (Å²) in [5.41, 5.74) is 22.0. The van der Waals surface area contributed by atoms with E-state index < -0.39 is 0 Å². The van der Waals surface area contributed by atoms with Crippen LogP contribution in [0.15, 0.2) is 0 Å². The highest BCUT2D eigenvalue weighted by molar-refractivity contribution is 5.79. The number of hydrogen-bond donors (Lipinski definition) is 5. The Morgan fingerprint density at radius 2 is 0.833 bits per heavy atom. The summed E-state index contributed by atoms with van der Waals surface area (Å²) >= 11 is 0. The van der Waals surface area contributed by atoms with Crippen molar-refractivity contribution in [1.82, 2.24) is 15.1 Å². The van der Waals surface area contributed by atoms with Crippen molar-refractivity contribution in [3.63, 3.8) is 0 Å². The molecule has 0 atom stereocenters. The molecule has 0 heterocycles. The first-order valence-electron chi connectivity index (χ1n) is 13.4. The van der Waals surface area contributed by atoms with Crippen LogP contribution >= 0.6 is 0 Å². The van der Waals surface area contributed by atoms with E-state index in [2.05, 4.69) is 15.1 Å². The van der Waals surface area contributed by atoms with Crippen LogP contribution in [0.1, 0.15) is 64.2 Å². The Morgan fingerprint density at radius 1 is 0.472 bits per heavy atom. The number of carbonyl (C=O) groups excluding carboxylic acids is 4. The Balaban J connectivity index is 5.00. The largest absolute Gasteiger partial charge is 0.355 e. The molecule has 0 aliphatic heterocycles. The molecule has 0 saturated heterocycles. The van der Waals surface area contributed by atoms with E-state index in [4.69, 9.17) is 22.9 Å². The van der Waals surface area contributed by atoms with Crippen LogP contribution in [0.25, 0.3) is 0 Å². The summed E-state index contributed by atoms with van der Waals surface area (Å²) in [6, 6.07) is 0. The van der Waals surface area contributed by atoms with Crippen LogP contribution < -0.4 is 28.3 Å². The fourth-order valence-electron chi connectivity index (χ4n) is 3.63. The monoisotopic (exact) mass is 513 g/mol. The number of nitrogens with one attached hydrogen (secondary N) is 1. The molecular weight excluding hydrogens is 462 g/mol. The van der Waals surface area contributed by atoms with Gasteiger partial charge in [0.15, 0.2) is 0 Å². The molecule has 36 heavy (non-hydrogen) atoms. The quantitative estimate of drug-likeness (QED) is 0.0973. The van der Waals surface area contributed by atoms with Gasteiger partial charge in [0.2, 0.25) is 5.91 Å². The van der Waals surface area contributed by atoms with Gasteiger partial charge in [0.1, 0.15) is 17.3 Å². The number of Topliss-reactive ketones (excluding diaryl/α,β-unsaturated/α-hetero) is 3. The standard InChI is InChI=1S/C25H51N7O4/c26-11-1-4-22(33)7-16-31(17-8-23(34)5-2-12-27)20-21-32(18-9-24(35)6-3-13-28)19-10-25(36)30-15-14-29/h1-21,26-29H2,(H,30,36). The van der Waals surface area contributed by atoms with E-state index in [0.717, 1.165) is 0 Å². The molecule has 210 valence electrons. The van der Waals surface area contributed by atoms with Crippen LogP contribution in [0.3, 0.4) is 0 Å². The van der Waals surface area contributed by atoms with E-state index in [1.165, 1.54) is 0 Å². The molecule has 1 amide bonds. The summed E-state index contributed by atoms with van der Waals surface area (Å²) in [5, 5.41) is 2.77. The number of hydrogen-bond acceptors (Lipinski definition) is 10. The highest BCUT2D eigenvalue weighted by Gasteiger charge is 2.15. The first-order chi connectivity index (χ1) is 17.4. The summed E-state index contributed by atoms with van der Waals surface area (Å²) in [4.78, 5) is 52.8. The Bertz CT molecular complexity index is 519. The minimum absolute atomic E-state index is 0.0761. The van der Waals surface area contributed by atoms with Crippen molar-refractivity contribution in [2.24, 2.45) is 22.9 Å². The van der Waals surface area contributed by atoms with Crippen LogP contribution in [0, 0.1) is 0 Å². The number of ketones is 3. The molecule has 11 heteroatoms. The molecular formula is C25H51N7O4. The fraction of sp³-hybridized carbons (Fsp3) is 0.840. The van der Waals surface area contributed by atoms with Gasteiger partial charge in [-0.3, -0.25) is 19.2 Å². The van der Waals surface area contributed by atoms with Gasteiger partial charge in [0.05, 0.1) is 0 Å². The van der Waals surface area contributed by atoms with E-state index >= 15 is 0 Å². The molecule has 0 aromatic heterocycles. The van der Waals surface area contributed by atoms with Crippen molar-refractivity contribution >= 4 is 23.3 Å². The number of nitrogens with two attached hydrogens (primary N) is 4. The van der Waals surface area contributed by atoms with Gasteiger partial charge in [-0.15, -0.1) is 0 Å². The van der Waals surface area contributed by atoms with Crippen LogP contribution in [-0.2, 0) is 19.2 Å². The Kier molecular flexibility index (Phi) is 22.5. The predicted octanol–water partition coefficient (Wildman–Crippen LogP) is -0.850. The van der Waals surface area contributed by atoms with E-state index in [0.29, 0.717) is 136 Å². The zero-order valence-corrected chi connectivity index (χ0v) is 22.2. The highest BCUT2D eigenvalue weighted by Crippen LogP contribution is 2.05. The fourth-order valence-corrected chi connectivity index (χ4v) is 3.63. The molecule has 0 aromatic carbocycles. The Hall–Kier alpha value is -1.76. The van der Waals surface area contributed by atoms with E-state index in [9.17, 15) is 19.2 Å². The minimum Gasteiger partial charge on any atom is -0.355 e. The van der Waals surface area contributed by atoms with Crippen LogP contribution in [0.4, 0.5) is 0 Å². The first kappa shape index (κ1) is 34.2. The average Bonchev–Trinajstić information content (AvgIpc) is 2.88. The van der Waals surface area contributed by atoms with Crippen LogP contribution in [0.5, 0.6) is 0 Å². The van der Waals surface area contributed by atoms with Gasteiger partial charge in [-0.2, -0.15) is 0 Å². The highest BCUT2D eigenvalue weighted by atomic mass is 16.2. The number of carbonyl (C=O) groups is 4. The topological polar surface area (TPSA) is 191 Å². The predicted molar refractivity (Wildman–Crippen MR) is 143 cm³/mol.